The lowest BCUT2D eigenvalue weighted by atomic mass is 9.68. The summed E-state index contributed by atoms with van der Waals surface area (Å²) in [5, 5.41) is 10.5. The molecule has 30 heavy (non-hydrogen) atoms. The lowest BCUT2D eigenvalue weighted by Crippen LogP contribution is -2.44. The second-order valence-corrected chi connectivity index (χ2v) is 9.23. The van der Waals surface area contributed by atoms with Crippen molar-refractivity contribution in [3.05, 3.63) is 60.3 Å². The number of hydrogen-bond acceptors (Lipinski definition) is 5. The van der Waals surface area contributed by atoms with Crippen LogP contribution in [0.15, 0.2) is 60.3 Å². The number of hydrogen-bond donors (Lipinski definition) is 1. The highest BCUT2D eigenvalue weighted by molar-refractivity contribution is 6.10. The van der Waals surface area contributed by atoms with Crippen LogP contribution in [0.5, 0.6) is 0 Å². The molecule has 0 spiro atoms. The molecule has 2 heterocycles. The molecule has 1 saturated carbocycles. The van der Waals surface area contributed by atoms with E-state index in [-0.39, 0.29) is 23.9 Å². The average Bonchev–Trinajstić information content (AvgIpc) is 2.96. The van der Waals surface area contributed by atoms with E-state index in [2.05, 4.69) is 0 Å². The van der Waals surface area contributed by atoms with Crippen molar-refractivity contribution in [3.8, 4) is 0 Å². The van der Waals surface area contributed by atoms with E-state index in [1.54, 1.807) is 19.9 Å². The van der Waals surface area contributed by atoms with Gasteiger partial charge in [-0.25, -0.2) is 0 Å². The molecule has 3 rings (SSSR count). The molecule has 2 bridgehead atoms. The first-order chi connectivity index (χ1) is 13.9. The Morgan fingerprint density at radius 1 is 1.07 bits per heavy atom. The molecule has 0 aromatic rings. The number of carbonyl (C=O) groups excluding carboxylic acids is 2. The first kappa shape index (κ1) is 22.4. The fraction of sp³-hybridized carbons (Fsp3) is 0.520. The average molecular weight is 413 g/mol. The summed E-state index contributed by atoms with van der Waals surface area (Å²) >= 11 is 0. The van der Waals surface area contributed by atoms with E-state index in [1.807, 2.05) is 76.3 Å². The third-order valence-electron chi connectivity index (χ3n) is 6.92. The second-order valence-electron chi connectivity index (χ2n) is 9.23. The van der Waals surface area contributed by atoms with Crippen molar-refractivity contribution in [1.82, 2.24) is 0 Å². The van der Waals surface area contributed by atoms with Gasteiger partial charge in [0.25, 0.3) is 0 Å². The van der Waals surface area contributed by atoms with Crippen molar-refractivity contribution in [2.45, 2.75) is 65.5 Å². The van der Waals surface area contributed by atoms with E-state index in [0.29, 0.717) is 0 Å². The Morgan fingerprint density at radius 3 is 2.37 bits per heavy atom. The van der Waals surface area contributed by atoms with Crippen molar-refractivity contribution in [2.24, 2.45) is 16.7 Å². The normalized spacial score (nSPS) is 44.2. The SMILES string of the molecule is C\C(=C/C=C/C=C/C=C/[C@]1(C)C2OC(=O)[C@]1(C)C(=O)C2C)[C@@H]1O[C@@H](C)C=C[C@@]1(C)O. The zero-order valence-electron chi connectivity index (χ0n) is 18.6. The predicted octanol–water partition coefficient (Wildman–Crippen LogP) is 3.85. The van der Waals surface area contributed by atoms with Crippen LogP contribution in [0.1, 0.15) is 41.5 Å². The van der Waals surface area contributed by atoms with Gasteiger partial charge in [0.1, 0.15) is 23.2 Å². The van der Waals surface area contributed by atoms with Crippen molar-refractivity contribution in [2.75, 3.05) is 0 Å². The molecule has 2 fully saturated rings. The van der Waals surface area contributed by atoms with Gasteiger partial charge < -0.3 is 14.6 Å². The number of esters is 1. The van der Waals surface area contributed by atoms with E-state index in [4.69, 9.17) is 9.47 Å². The van der Waals surface area contributed by atoms with Crippen LogP contribution < -0.4 is 0 Å². The van der Waals surface area contributed by atoms with E-state index in [1.165, 1.54) is 0 Å². The van der Waals surface area contributed by atoms with E-state index < -0.39 is 28.5 Å². The third-order valence-corrected chi connectivity index (χ3v) is 6.92. The number of ether oxygens (including phenoxy) is 2. The molecule has 2 unspecified atom stereocenters. The minimum absolute atomic E-state index is 0.0350. The van der Waals surface area contributed by atoms with Gasteiger partial charge in [0, 0.05) is 5.41 Å². The number of allylic oxidation sites excluding steroid dienone is 6. The Balaban J connectivity index is 1.64. The summed E-state index contributed by atoms with van der Waals surface area (Å²) in [7, 11) is 0. The number of rotatable bonds is 5. The summed E-state index contributed by atoms with van der Waals surface area (Å²) in [5.74, 6) is -0.737. The van der Waals surface area contributed by atoms with E-state index >= 15 is 0 Å². The third kappa shape index (κ3) is 3.44. The molecule has 1 N–H and O–H groups in total. The second kappa shape index (κ2) is 7.78. The summed E-state index contributed by atoms with van der Waals surface area (Å²) in [5.41, 5.74) is -1.85. The molecule has 0 amide bonds. The zero-order chi connectivity index (χ0) is 22.3. The fourth-order valence-electron chi connectivity index (χ4n) is 4.83. The lowest BCUT2D eigenvalue weighted by molar-refractivity contribution is -0.161. The summed E-state index contributed by atoms with van der Waals surface area (Å²) in [6, 6.07) is 0. The van der Waals surface area contributed by atoms with Crippen molar-refractivity contribution < 1.29 is 24.2 Å². The Bertz CT molecular complexity index is 874. The van der Waals surface area contributed by atoms with Crippen LogP contribution in [-0.2, 0) is 19.1 Å². The molecule has 1 saturated heterocycles. The molecule has 0 radical (unpaired) electrons. The zero-order valence-corrected chi connectivity index (χ0v) is 18.6. The standard InChI is InChI=1S/C25H32O5/c1-16(20-24(5,28)15-13-17(2)29-20)12-10-8-7-9-11-14-23(4)21-18(3)19(26)25(23,6)22(27)30-21/h7-15,17-18,20-21,28H,1-6H3/b9-7+,10-8+,14-11+,16-12+/t17-,18?,20-,21?,23+,24+,25-/m0/s1. The van der Waals surface area contributed by atoms with Crippen LogP contribution in [0, 0.1) is 16.7 Å². The van der Waals surface area contributed by atoms with Crippen molar-refractivity contribution in [3.63, 3.8) is 0 Å². The highest BCUT2D eigenvalue weighted by atomic mass is 16.6. The maximum Gasteiger partial charge on any atom is 0.320 e. The van der Waals surface area contributed by atoms with Crippen LogP contribution >= 0.6 is 0 Å². The smallest absolute Gasteiger partial charge is 0.320 e. The summed E-state index contributed by atoms with van der Waals surface area (Å²) in [6.45, 7) is 11.1. The van der Waals surface area contributed by atoms with Crippen LogP contribution in [0.25, 0.3) is 0 Å². The highest BCUT2D eigenvalue weighted by Gasteiger charge is 2.73. The van der Waals surface area contributed by atoms with E-state index in [9.17, 15) is 14.7 Å². The fourth-order valence-corrected chi connectivity index (χ4v) is 4.83. The molecule has 5 heteroatoms. The molecular formula is C25H32O5. The number of fused-ring (bicyclic) bond motifs is 2. The van der Waals surface area contributed by atoms with Gasteiger partial charge >= 0.3 is 5.97 Å². The molecule has 3 aliphatic rings. The number of Topliss-reactive ketones (excluding diaryl/α,β-unsaturated/α-hetero) is 1. The predicted molar refractivity (Wildman–Crippen MR) is 116 cm³/mol. The van der Waals surface area contributed by atoms with Crippen molar-refractivity contribution >= 4 is 11.8 Å². The monoisotopic (exact) mass is 412 g/mol. The molecule has 162 valence electrons. The van der Waals surface area contributed by atoms with Gasteiger partial charge in [0.15, 0.2) is 5.78 Å². The Labute approximate surface area is 178 Å². The van der Waals surface area contributed by atoms with Gasteiger partial charge in [-0.05, 0) is 33.3 Å². The first-order valence-corrected chi connectivity index (χ1v) is 10.5. The topological polar surface area (TPSA) is 72.8 Å². The van der Waals surface area contributed by atoms with Crippen molar-refractivity contribution in [1.29, 1.82) is 0 Å². The lowest BCUT2D eigenvalue weighted by Gasteiger charge is -2.36. The van der Waals surface area contributed by atoms with Gasteiger partial charge in [-0.1, -0.05) is 68.5 Å². The van der Waals surface area contributed by atoms with Crippen LogP contribution in [0.2, 0.25) is 0 Å². The molecule has 2 aliphatic heterocycles. The largest absolute Gasteiger partial charge is 0.460 e. The summed E-state index contributed by atoms with van der Waals surface area (Å²) < 4.78 is 11.3. The number of aliphatic hydroxyl groups is 1. The Hall–Kier alpha value is -2.24. The maximum atomic E-state index is 12.5. The van der Waals surface area contributed by atoms with Gasteiger partial charge in [0.05, 0.1) is 12.0 Å². The summed E-state index contributed by atoms with van der Waals surface area (Å²) in [4.78, 5) is 24.8. The Morgan fingerprint density at radius 2 is 1.70 bits per heavy atom. The van der Waals surface area contributed by atoms with Gasteiger partial charge in [-0.15, -0.1) is 0 Å². The maximum absolute atomic E-state index is 12.5. The van der Waals surface area contributed by atoms with E-state index in [0.717, 1.165) is 5.57 Å². The molecule has 1 aliphatic carbocycles. The molecular weight excluding hydrogens is 380 g/mol. The molecule has 5 nitrogen and oxygen atoms in total. The number of ketones is 1. The van der Waals surface area contributed by atoms with Gasteiger partial charge in [0.2, 0.25) is 0 Å². The Kier molecular flexibility index (Phi) is 5.82. The van der Waals surface area contributed by atoms with Gasteiger partial charge in [-0.3, -0.25) is 9.59 Å². The highest BCUT2D eigenvalue weighted by Crippen LogP contribution is 2.60. The quantitative estimate of drug-likeness (QED) is 0.321. The van der Waals surface area contributed by atoms with Crippen LogP contribution in [-0.4, -0.2) is 40.8 Å². The summed E-state index contributed by atoms with van der Waals surface area (Å²) in [6.07, 6.45) is 16.0. The minimum atomic E-state index is -1.11. The van der Waals surface area contributed by atoms with Crippen LogP contribution in [0.4, 0.5) is 0 Å². The molecule has 7 atom stereocenters. The first-order valence-electron chi connectivity index (χ1n) is 10.5. The molecule has 0 aromatic carbocycles. The van der Waals surface area contributed by atoms with Gasteiger partial charge in [-0.2, -0.15) is 0 Å². The minimum Gasteiger partial charge on any atom is -0.460 e. The van der Waals surface area contributed by atoms with Crippen LogP contribution in [0.3, 0.4) is 0 Å². The molecule has 0 aromatic heterocycles. The number of carbonyl (C=O) groups is 2.